The van der Waals surface area contributed by atoms with Crippen LogP contribution >= 0.6 is 0 Å². The lowest BCUT2D eigenvalue weighted by Crippen LogP contribution is -2.04. The van der Waals surface area contributed by atoms with E-state index in [0.717, 1.165) is 28.2 Å². The molecule has 3 aromatic rings. The van der Waals surface area contributed by atoms with E-state index in [0.29, 0.717) is 13.0 Å². The number of aryl methyl sites for hydroxylation is 1. The third kappa shape index (κ3) is 2.44. The number of benzene rings is 1. The highest BCUT2D eigenvalue weighted by atomic mass is 16.6. The number of hydrogen-bond donors (Lipinski definition) is 1. The number of pyridine rings is 1. The largest absolute Gasteiger partial charge is 0.330 e. The molecular formula is C16H16N4O2. The predicted molar refractivity (Wildman–Crippen MR) is 84.8 cm³/mol. The van der Waals surface area contributed by atoms with Gasteiger partial charge in [-0.3, -0.25) is 14.5 Å². The Hall–Kier alpha value is -2.73. The van der Waals surface area contributed by atoms with Gasteiger partial charge in [-0.05, 0) is 25.1 Å². The minimum atomic E-state index is -0.388. The number of fused-ring (bicyclic) bond motifs is 1. The van der Waals surface area contributed by atoms with Gasteiger partial charge in [-0.25, -0.2) is 4.98 Å². The van der Waals surface area contributed by atoms with Gasteiger partial charge in [0.1, 0.15) is 5.65 Å². The molecule has 0 amide bonds. The van der Waals surface area contributed by atoms with Crippen LogP contribution in [0.3, 0.4) is 0 Å². The lowest BCUT2D eigenvalue weighted by atomic mass is 10.1. The molecular weight excluding hydrogens is 280 g/mol. The Balaban J connectivity index is 2.27. The van der Waals surface area contributed by atoms with Gasteiger partial charge < -0.3 is 5.73 Å². The van der Waals surface area contributed by atoms with Gasteiger partial charge in [0.25, 0.3) is 5.69 Å². The zero-order valence-corrected chi connectivity index (χ0v) is 12.2. The second-order valence-corrected chi connectivity index (χ2v) is 5.19. The molecule has 0 spiro atoms. The van der Waals surface area contributed by atoms with Crippen molar-refractivity contribution < 1.29 is 4.92 Å². The first kappa shape index (κ1) is 14.2. The molecule has 0 radical (unpaired) electrons. The van der Waals surface area contributed by atoms with Crippen molar-refractivity contribution in [2.75, 3.05) is 6.54 Å². The Morgan fingerprint density at radius 2 is 2.14 bits per heavy atom. The van der Waals surface area contributed by atoms with Crippen molar-refractivity contribution >= 4 is 11.3 Å². The van der Waals surface area contributed by atoms with Gasteiger partial charge in [0.05, 0.1) is 16.3 Å². The van der Waals surface area contributed by atoms with Crippen LogP contribution in [0.5, 0.6) is 0 Å². The molecule has 22 heavy (non-hydrogen) atoms. The van der Waals surface area contributed by atoms with Crippen LogP contribution in [-0.2, 0) is 6.42 Å². The maximum Gasteiger partial charge on any atom is 0.270 e. The van der Waals surface area contributed by atoms with E-state index in [1.54, 1.807) is 12.1 Å². The maximum atomic E-state index is 11.0. The van der Waals surface area contributed by atoms with Gasteiger partial charge >= 0.3 is 0 Å². The molecule has 0 aliphatic rings. The average Bonchev–Trinajstić information content (AvgIpc) is 2.85. The predicted octanol–water partition coefficient (Wildman–Crippen LogP) is 2.72. The SMILES string of the molecule is Cc1ccc2nc(CCN)c(-c3cccc([N+](=O)[O-])c3)n2c1. The fourth-order valence-electron chi connectivity index (χ4n) is 2.58. The van der Waals surface area contributed by atoms with Crippen LogP contribution in [0.1, 0.15) is 11.3 Å². The number of non-ortho nitro benzene ring substituents is 1. The lowest BCUT2D eigenvalue weighted by Gasteiger charge is -2.06. The Morgan fingerprint density at radius 3 is 2.86 bits per heavy atom. The highest BCUT2D eigenvalue weighted by Crippen LogP contribution is 2.28. The van der Waals surface area contributed by atoms with E-state index in [2.05, 4.69) is 4.98 Å². The molecule has 2 heterocycles. The monoisotopic (exact) mass is 296 g/mol. The smallest absolute Gasteiger partial charge is 0.270 e. The standard InChI is InChI=1S/C16H16N4O2/c1-11-5-6-15-18-14(7-8-17)16(19(15)10-11)12-3-2-4-13(9-12)20(21)22/h2-6,9-10H,7-8,17H2,1H3. The summed E-state index contributed by atoms with van der Waals surface area (Å²) >= 11 is 0. The molecule has 0 saturated heterocycles. The van der Waals surface area contributed by atoms with Crippen molar-refractivity contribution in [3.63, 3.8) is 0 Å². The summed E-state index contributed by atoms with van der Waals surface area (Å²) in [5.41, 5.74) is 10.2. The van der Waals surface area contributed by atoms with Crippen molar-refractivity contribution in [2.24, 2.45) is 5.73 Å². The molecule has 0 bridgehead atoms. The van der Waals surface area contributed by atoms with Gasteiger partial charge in [0.2, 0.25) is 0 Å². The Morgan fingerprint density at radius 1 is 1.32 bits per heavy atom. The summed E-state index contributed by atoms with van der Waals surface area (Å²) in [5, 5.41) is 11.0. The first-order chi connectivity index (χ1) is 10.6. The van der Waals surface area contributed by atoms with Gasteiger partial charge in [0.15, 0.2) is 0 Å². The van der Waals surface area contributed by atoms with Crippen LogP contribution in [0.25, 0.3) is 16.9 Å². The molecule has 2 aromatic heterocycles. The second-order valence-electron chi connectivity index (χ2n) is 5.19. The molecule has 0 atom stereocenters. The number of nitrogens with zero attached hydrogens (tertiary/aromatic N) is 3. The van der Waals surface area contributed by atoms with Crippen molar-refractivity contribution in [3.8, 4) is 11.3 Å². The first-order valence-electron chi connectivity index (χ1n) is 7.02. The second kappa shape index (κ2) is 5.57. The van der Waals surface area contributed by atoms with Crippen molar-refractivity contribution in [1.82, 2.24) is 9.38 Å². The van der Waals surface area contributed by atoms with E-state index in [9.17, 15) is 10.1 Å². The number of aromatic nitrogens is 2. The Bertz CT molecular complexity index is 854. The molecule has 6 nitrogen and oxygen atoms in total. The normalized spacial score (nSPS) is 11.0. The van der Waals surface area contributed by atoms with Gasteiger partial charge in [-0.2, -0.15) is 0 Å². The third-order valence-electron chi connectivity index (χ3n) is 3.55. The number of rotatable bonds is 4. The number of nitro benzene ring substituents is 1. The zero-order valence-electron chi connectivity index (χ0n) is 12.2. The summed E-state index contributed by atoms with van der Waals surface area (Å²) in [6, 6.07) is 10.5. The number of imidazole rings is 1. The Kier molecular flexibility index (Phi) is 3.60. The van der Waals surface area contributed by atoms with E-state index < -0.39 is 0 Å². The third-order valence-corrected chi connectivity index (χ3v) is 3.55. The van der Waals surface area contributed by atoms with Crippen LogP contribution < -0.4 is 5.73 Å². The highest BCUT2D eigenvalue weighted by molar-refractivity contribution is 5.69. The molecule has 0 aliphatic heterocycles. The van der Waals surface area contributed by atoms with E-state index in [4.69, 9.17) is 5.73 Å². The van der Waals surface area contributed by atoms with Crippen molar-refractivity contribution in [2.45, 2.75) is 13.3 Å². The van der Waals surface area contributed by atoms with Gasteiger partial charge in [-0.15, -0.1) is 0 Å². The minimum absolute atomic E-state index is 0.0683. The van der Waals surface area contributed by atoms with Gasteiger partial charge in [0, 0.05) is 30.3 Å². The van der Waals surface area contributed by atoms with E-state index in [1.165, 1.54) is 6.07 Å². The Labute approximate surface area is 127 Å². The summed E-state index contributed by atoms with van der Waals surface area (Å²) in [5.74, 6) is 0. The molecule has 6 heteroatoms. The topological polar surface area (TPSA) is 86.5 Å². The number of nitro groups is 1. The average molecular weight is 296 g/mol. The van der Waals surface area contributed by atoms with Crippen LogP contribution in [0.15, 0.2) is 42.6 Å². The summed E-state index contributed by atoms with van der Waals surface area (Å²) in [7, 11) is 0. The van der Waals surface area contributed by atoms with Crippen molar-refractivity contribution in [3.05, 3.63) is 64.0 Å². The molecule has 2 N–H and O–H groups in total. The van der Waals surface area contributed by atoms with E-state index >= 15 is 0 Å². The summed E-state index contributed by atoms with van der Waals surface area (Å²) in [6.07, 6.45) is 2.61. The molecule has 1 aromatic carbocycles. The maximum absolute atomic E-state index is 11.0. The highest BCUT2D eigenvalue weighted by Gasteiger charge is 2.16. The molecule has 0 saturated carbocycles. The fourth-order valence-corrected chi connectivity index (χ4v) is 2.58. The number of nitrogens with two attached hydrogens (primary N) is 1. The summed E-state index contributed by atoms with van der Waals surface area (Å²) < 4.78 is 1.97. The molecule has 0 fully saturated rings. The zero-order chi connectivity index (χ0) is 15.7. The lowest BCUT2D eigenvalue weighted by molar-refractivity contribution is -0.384. The quantitative estimate of drug-likeness (QED) is 0.592. The molecule has 0 unspecified atom stereocenters. The molecule has 112 valence electrons. The van der Waals surface area contributed by atoms with Crippen molar-refractivity contribution in [1.29, 1.82) is 0 Å². The van der Waals surface area contributed by atoms with Crippen LogP contribution in [0, 0.1) is 17.0 Å². The molecule has 3 rings (SSSR count). The van der Waals surface area contributed by atoms with E-state index in [-0.39, 0.29) is 10.6 Å². The summed E-state index contributed by atoms with van der Waals surface area (Å²) in [6.45, 7) is 2.48. The van der Waals surface area contributed by atoms with Crippen LogP contribution in [0.4, 0.5) is 5.69 Å². The minimum Gasteiger partial charge on any atom is -0.330 e. The molecule has 0 aliphatic carbocycles. The van der Waals surface area contributed by atoms with Gasteiger partial charge in [-0.1, -0.05) is 18.2 Å². The summed E-state index contributed by atoms with van der Waals surface area (Å²) in [4.78, 5) is 15.2. The van der Waals surface area contributed by atoms with E-state index in [1.807, 2.05) is 35.7 Å². The van der Waals surface area contributed by atoms with Crippen LogP contribution in [0.2, 0.25) is 0 Å². The number of hydrogen-bond acceptors (Lipinski definition) is 4. The first-order valence-corrected chi connectivity index (χ1v) is 7.02. The van der Waals surface area contributed by atoms with Crippen LogP contribution in [-0.4, -0.2) is 20.9 Å². The fraction of sp³-hybridized carbons (Fsp3) is 0.188.